The average molecular weight is 201 g/mol. The van der Waals surface area contributed by atoms with Gasteiger partial charge in [-0.05, 0) is 32.7 Å². The second kappa shape index (κ2) is 4.61. The van der Waals surface area contributed by atoms with Crippen LogP contribution in [-0.4, -0.2) is 46.3 Å². The summed E-state index contributed by atoms with van der Waals surface area (Å²) in [4.78, 5) is 2.12. The molecule has 0 aromatic carbocycles. The molecule has 0 aromatic heterocycles. The first kappa shape index (κ1) is 11.3. The quantitative estimate of drug-likeness (QED) is 0.256. The van der Waals surface area contributed by atoms with Gasteiger partial charge >= 0.3 is 0 Å². The van der Waals surface area contributed by atoms with Crippen LogP contribution in [0, 0.1) is 5.92 Å². The number of hydrogen-bond donors (Lipinski definition) is 3. The zero-order valence-corrected chi connectivity index (χ0v) is 8.72. The third kappa shape index (κ3) is 2.36. The van der Waals surface area contributed by atoms with E-state index in [4.69, 9.17) is 10.9 Å². The Hall–Kier alpha value is -0.810. The minimum absolute atomic E-state index is 0.0521. The molecule has 1 aliphatic heterocycles. The summed E-state index contributed by atoms with van der Waals surface area (Å²) in [6, 6.07) is -0.0521. The maximum absolute atomic E-state index is 9.41. The second-order valence-electron chi connectivity index (χ2n) is 3.99. The summed E-state index contributed by atoms with van der Waals surface area (Å²) >= 11 is 0. The Morgan fingerprint density at radius 2 is 2.21 bits per heavy atom. The van der Waals surface area contributed by atoms with Crippen molar-refractivity contribution in [3.63, 3.8) is 0 Å². The van der Waals surface area contributed by atoms with Gasteiger partial charge in [0, 0.05) is 6.54 Å². The molecule has 5 heteroatoms. The highest BCUT2D eigenvalue weighted by atomic mass is 16.4. The van der Waals surface area contributed by atoms with E-state index in [2.05, 4.69) is 10.1 Å². The van der Waals surface area contributed by atoms with E-state index in [1.807, 2.05) is 13.8 Å². The molecule has 0 spiro atoms. The van der Waals surface area contributed by atoms with Crippen molar-refractivity contribution in [3.8, 4) is 0 Å². The Bertz CT molecular complexity index is 218. The van der Waals surface area contributed by atoms with Crippen LogP contribution in [0.2, 0.25) is 0 Å². The molecular weight excluding hydrogens is 182 g/mol. The lowest BCUT2D eigenvalue weighted by Crippen LogP contribution is -2.42. The number of hydrogen-bond acceptors (Lipinski definition) is 4. The summed E-state index contributed by atoms with van der Waals surface area (Å²) in [6.45, 7) is 5.42. The summed E-state index contributed by atoms with van der Waals surface area (Å²) in [5.74, 6) is 0.542. The van der Waals surface area contributed by atoms with Crippen LogP contribution >= 0.6 is 0 Å². The van der Waals surface area contributed by atoms with Crippen molar-refractivity contribution in [2.45, 2.75) is 32.4 Å². The number of aliphatic hydroxyl groups excluding tert-OH is 1. The molecule has 14 heavy (non-hydrogen) atoms. The normalized spacial score (nSPS) is 29.1. The summed E-state index contributed by atoms with van der Waals surface area (Å²) in [5, 5.41) is 20.9. The van der Waals surface area contributed by atoms with Crippen molar-refractivity contribution in [3.05, 3.63) is 0 Å². The van der Waals surface area contributed by atoms with Crippen molar-refractivity contribution in [2.75, 3.05) is 13.1 Å². The van der Waals surface area contributed by atoms with Gasteiger partial charge in [-0.3, -0.25) is 4.90 Å². The summed E-state index contributed by atoms with van der Waals surface area (Å²) in [6.07, 6.45) is 0.695. The largest absolute Gasteiger partial charge is 0.409 e. The van der Waals surface area contributed by atoms with Gasteiger partial charge in [-0.1, -0.05) is 5.16 Å². The van der Waals surface area contributed by atoms with Crippen molar-refractivity contribution in [1.29, 1.82) is 0 Å². The van der Waals surface area contributed by atoms with Crippen molar-refractivity contribution >= 4 is 5.84 Å². The molecule has 0 saturated carbocycles. The van der Waals surface area contributed by atoms with E-state index < -0.39 is 0 Å². The molecule has 0 aromatic rings. The molecule has 4 N–H and O–H groups in total. The third-order valence-corrected chi connectivity index (χ3v) is 3.03. The Morgan fingerprint density at radius 1 is 1.57 bits per heavy atom. The van der Waals surface area contributed by atoms with Crippen molar-refractivity contribution in [2.24, 2.45) is 16.8 Å². The fraction of sp³-hybridized carbons (Fsp3) is 0.889. The van der Waals surface area contributed by atoms with Crippen LogP contribution in [0.3, 0.4) is 0 Å². The van der Waals surface area contributed by atoms with Gasteiger partial charge in [0.15, 0.2) is 5.84 Å². The van der Waals surface area contributed by atoms with Crippen LogP contribution in [0.5, 0.6) is 0 Å². The fourth-order valence-electron chi connectivity index (χ4n) is 1.83. The highest BCUT2D eigenvalue weighted by Crippen LogP contribution is 2.21. The predicted octanol–water partition coefficient (Wildman–Crippen LogP) is -0.176. The van der Waals surface area contributed by atoms with Crippen LogP contribution in [0.25, 0.3) is 0 Å². The SMILES string of the molecule is CC(O)C1CCN(C(C)/C(N)=N/O)C1. The molecule has 0 bridgehead atoms. The first-order chi connectivity index (χ1) is 6.56. The van der Waals surface area contributed by atoms with Crippen LogP contribution in [0.4, 0.5) is 0 Å². The number of amidine groups is 1. The molecule has 3 unspecified atom stereocenters. The first-order valence-corrected chi connectivity index (χ1v) is 4.95. The first-order valence-electron chi connectivity index (χ1n) is 4.95. The topological polar surface area (TPSA) is 82.1 Å². The van der Waals surface area contributed by atoms with Gasteiger partial charge < -0.3 is 16.0 Å². The smallest absolute Gasteiger partial charge is 0.156 e. The Morgan fingerprint density at radius 3 is 2.64 bits per heavy atom. The van der Waals surface area contributed by atoms with Crippen LogP contribution in [0.15, 0.2) is 5.16 Å². The number of nitrogens with two attached hydrogens (primary N) is 1. The third-order valence-electron chi connectivity index (χ3n) is 3.03. The van der Waals surface area contributed by atoms with E-state index in [0.29, 0.717) is 5.92 Å². The fourth-order valence-corrected chi connectivity index (χ4v) is 1.83. The van der Waals surface area contributed by atoms with E-state index in [-0.39, 0.29) is 18.0 Å². The average Bonchev–Trinajstić information content (AvgIpc) is 2.64. The Kier molecular flexibility index (Phi) is 3.71. The molecular formula is C9H19N3O2. The summed E-state index contributed by atoms with van der Waals surface area (Å²) < 4.78 is 0. The predicted molar refractivity (Wildman–Crippen MR) is 54.2 cm³/mol. The van der Waals surface area contributed by atoms with E-state index in [1.165, 1.54) is 0 Å². The highest BCUT2D eigenvalue weighted by molar-refractivity contribution is 5.84. The van der Waals surface area contributed by atoms with Gasteiger partial charge in [0.2, 0.25) is 0 Å². The van der Waals surface area contributed by atoms with Gasteiger partial charge in [-0.15, -0.1) is 0 Å². The number of aliphatic hydroxyl groups is 1. The lowest BCUT2D eigenvalue weighted by molar-refractivity contribution is 0.126. The molecule has 0 radical (unpaired) electrons. The minimum atomic E-state index is -0.278. The second-order valence-corrected chi connectivity index (χ2v) is 3.99. The van der Waals surface area contributed by atoms with E-state index in [9.17, 15) is 5.11 Å². The van der Waals surface area contributed by atoms with Gasteiger partial charge in [0.25, 0.3) is 0 Å². The number of likely N-dealkylation sites (tertiary alicyclic amines) is 1. The maximum Gasteiger partial charge on any atom is 0.156 e. The van der Waals surface area contributed by atoms with Gasteiger partial charge in [0.1, 0.15) is 0 Å². The van der Waals surface area contributed by atoms with Gasteiger partial charge in [-0.2, -0.15) is 0 Å². The van der Waals surface area contributed by atoms with E-state index >= 15 is 0 Å². The van der Waals surface area contributed by atoms with Crippen molar-refractivity contribution < 1.29 is 10.3 Å². The monoisotopic (exact) mass is 201 g/mol. The van der Waals surface area contributed by atoms with Crippen molar-refractivity contribution in [1.82, 2.24) is 4.90 Å². The molecule has 0 amide bonds. The van der Waals surface area contributed by atoms with E-state index in [0.717, 1.165) is 19.5 Å². The zero-order chi connectivity index (χ0) is 10.7. The van der Waals surface area contributed by atoms with E-state index in [1.54, 1.807) is 0 Å². The minimum Gasteiger partial charge on any atom is -0.409 e. The number of nitrogens with zero attached hydrogens (tertiary/aromatic N) is 2. The highest BCUT2D eigenvalue weighted by Gasteiger charge is 2.30. The Balaban J connectivity index is 2.49. The van der Waals surface area contributed by atoms with Crippen LogP contribution in [0.1, 0.15) is 20.3 Å². The van der Waals surface area contributed by atoms with Gasteiger partial charge in [0.05, 0.1) is 12.1 Å². The molecule has 1 aliphatic rings. The number of oxime groups is 1. The number of rotatable bonds is 3. The molecule has 1 fully saturated rings. The molecule has 1 heterocycles. The summed E-state index contributed by atoms with van der Waals surface area (Å²) in [7, 11) is 0. The maximum atomic E-state index is 9.41. The molecule has 1 saturated heterocycles. The molecule has 1 rings (SSSR count). The lowest BCUT2D eigenvalue weighted by Gasteiger charge is -2.23. The molecule has 82 valence electrons. The zero-order valence-electron chi connectivity index (χ0n) is 8.72. The van der Waals surface area contributed by atoms with Crippen LogP contribution < -0.4 is 5.73 Å². The molecule has 3 atom stereocenters. The standard InChI is InChI=1S/C9H19N3O2/c1-6(9(10)11-14)12-4-3-8(5-12)7(2)13/h6-8,13-14H,3-5H2,1-2H3,(H2,10,11). The molecule has 5 nitrogen and oxygen atoms in total. The Labute approximate surface area is 84.2 Å². The lowest BCUT2D eigenvalue weighted by atomic mass is 10.0. The van der Waals surface area contributed by atoms with Crippen LogP contribution in [-0.2, 0) is 0 Å². The molecule has 0 aliphatic carbocycles. The van der Waals surface area contributed by atoms with Gasteiger partial charge in [-0.25, -0.2) is 0 Å². The summed E-state index contributed by atoms with van der Waals surface area (Å²) in [5.41, 5.74) is 5.51.